The van der Waals surface area contributed by atoms with Crippen molar-refractivity contribution >= 4 is 28.9 Å². The van der Waals surface area contributed by atoms with E-state index in [2.05, 4.69) is 33.3 Å². The molecule has 2 heterocycles. The molecule has 6 nitrogen and oxygen atoms in total. The van der Waals surface area contributed by atoms with Crippen molar-refractivity contribution in [3.05, 3.63) is 70.5 Å². The maximum absolute atomic E-state index is 12.9. The molecule has 0 spiro atoms. The van der Waals surface area contributed by atoms with Crippen LogP contribution in [0, 0.1) is 13.8 Å². The molecule has 4 rings (SSSR count). The first-order valence-corrected chi connectivity index (χ1v) is 10.5. The molecule has 30 heavy (non-hydrogen) atoms. The molecule has 2 aromatic carbocycles. The summed E-state index contributed by atoms with van der Waals surface area (Å²) in [7, 11) is 2.13. The molecule has 3 aromatic rings. The van der Waals surface area contributed by atoms with Crippen LogP contribution >= 0.6 is 11.6 Å². The monoisotopic (exact) mass is 423 g/mol. The van der Waals surface area contributed by atoms with Crippen molar-refractivity contribution in [2.24, 2.45) is 0 Å². The van der Waals surface area contributed by atoms with E-state index in [1.807, 2.05) is 56.3 Å². The van der Waals surface area contributed by atoms with Crippen LogP contribution < -0.4 is 10.2 Å². The van der Waals surface area contributed by atoms with E-state index < -0.39 is 0 Å². The second-order valence-electron chi connectivity index (χ2n) is 7.71. The van der Waals surface area contributed by atoms with Crippen LogP contribution in [0.4, 0.5) is 11.4 Å². The first kappa shape index (κ1) is 20.4. The maximum atomic E-state index is 12.9. The van der Waals surface area contributed by atoms with Crippen LogP contribution in [0.25, 0.3) is 5.69 Å². The SMILES string of the molecule is Cc1nn(-c2ccc(C(=O)Nc3ccccc3N3CCN(C)CC3)cc2)c(C)c1Cl. The fraction of sp³-hybridized carbons (Fsp3) is 0.304. The lowest BCUT2D eigenvalue weighted by molar-refractivity contribution is 0.102. The molecule has 1 aromatic heterocycles. The van der Waals surface area contributed by atoms with Gasteiger partial charge >= 0.3 is 0 Å². The van der Waals surface area contributed by atoms with Crippen molar-refractivity contribution < 1.29 is 4.79 Å². The molecule has 0 unspecified atom stereocenters. The van der Waals surface area contributed by atoms with Gasteiger partial charge in [-0.2, -0.15) is 5.10 Å². The van der Waals surface area contributed by atoms with E-state index in [0.29, 0.717) is 10.6 Å². The van der Waals surface area contributed by atoms with Crippen molar-refractivity contribution in [2.45, 2.75) is 13.8 Å². The van der Waals surface area contributed by atoms with Gasteiger partial charge in [0.1, 0.15) is 0 Å². The van der Waals surface area contributed by atoms with E-state index in [4.69, 9.17) is 11.6 Å². The molecule has 1 amide bonds. The molecular weight excluding hydrogens is 398 g/mol. The first-order valence-electron chi connectivity index (χ1n) is 10.1. The summed E-state index contributed by atoms with van der Waals surface area (Å²) in [6, 6.07) is 15.4. The number of carbonyl (C=O) groups excluding carboxylic acids is 1. The van der Waals surface area contributed by atoms with Crippen LogP contribution in [0.15, 0.2) is 48.5 Å². The molecule has 0 saturated carbocycles. The summed E-state index contributed by atoms with van der Waals surface area (Å²) >= 11 is 6.25. The highest BCUT2D eigenvalue weighted by Gasteiger charge is 2.18. The maximum Gasteiger partial charge on any atom is 0.255 e. The van der Waals surface area contributed by atoms with Crippen LogP contribution in [0.1, 0.15) is 21.7 Å². The van der Waals surface area contributed by atoms with Gasteiger partial charge < -0.3 is 15.1 Å². The molecule has 1 aliphatic heterocycles. The van der Waals surface area contributed by atoms with Gasteiger partial charge in [0.05, 0.1) is 33.5 Å². The van der Waals surface area contributed by atoms with E-state index in [1.54, 1.807) is 4.68 Å². The minimum atomic E-state index is -0.130. The Bertz CT molecular complexity index is 1050. The largest absolute Gasteiger partial charge is 0.367 e. The number of nitrogens with zero attached hydrogens (tertiary/aromatic N) is 4. The minimum Gasteiger partial charge on any atom is -0.367 e. The van der Waals surface area contributed by atoms with Crippen LogP contribution in [-0.4, -0.2) is 53.8 Å². The molecule has 0 radical (unpaired) electrons. The highest BCUT2D eigenvalue weighted by atomic mass is 35.5. The van der Waals surface area contributed by atoms with Gasteiger partial charge in [-0.05, 0) is 57.3 Å². The number of anilines is 2. The van der Waals surface area contributed by atoms with Gasteiger partial charge in [-0.15, -0.1) is 0 Å². The van der Waals surface area contributed by atoms with Gasteiger partial charge in [-0.1, -0.05) is 23.7 Å². The number of halogens is 1. The second-order valence-corrected chi connectivity index (χ2v) is 8.08. The van der Waals surface area contributed by atoms with Gasteiger partial charge in [0, 0.05) is 31.7 Å². The number of aryl methyl sites for hydroxylation is 1. The number of nitrogens with one attached hydrogen (secondary N) is 1. The van der Waals surface area contributed by atoms with Crippen molar-refractivity contribution in [1.82, 2.24) is 14.7 Å². The lowest BCUT2D eigenvalue weighted by Crippen LogP contribution is -2.44. The number of rotatable bonds is 4. The topological polar surface area (TPSA) is 53.4 Å². The Labute approximate surface area is 182 Å². The molecule has 7 heteroatoms. The molecular formula is C23H26ClN5O. The number of amides is 1. The van der Waals surface area contributed by atoms with E-state index in [0.717, 1.165) is 54.6 Å². The number of para-hydroxylation sites is 2. The predicted molar refractivity (Wildman–Crippen MR) is 122 cm³/mol. The predicted octanol–water partition coefficient (Wildman–Crippen LogP) is 4.15. The van der Waals surface area contributed by atoms with E-state index in [9.17, 15) is 4.79 Å². The number of hydrogen-bond acceptors (Lipinski definition) is 4. The molecule has 1 N–H and O–H groups in total. The number of piperazine rings is 1. The van der Waals surface area contributed by atoms with Crippen molar-refractivity contribution in [3.63, 3.8) is 0 Å². The zero-order valence-corrected chi connectivity index (χ0v) is 18.3. The Hall–Kier alpha value is -2.83. The van der Waals surface area contributed by atoms with E-state index in [-0.39, 0.29) is 5.91 Å². The standard InChI is InChI=1S/C23H26ClN5O/c1-16-22(24)17(2)29(26-16)19-10-8-18(9-11-19)23(30)25-20-6-4-5-7-21(20)28-14-12-27(3)13-15-28/h4-11H,12-15H2,1-3H3,(H,25,30). The van der Waals surface area contributed by atoms with Gasteiger partial charge in [-0.25, -0.2) is 4.68 Å². The number of benzene rings is 2. The summed E-state index contributed by atoms with van der Waals surface area (Å²) in [6.45, 7) is 7.73. The third kappa shape index (κ3) is 4.06. The summed E-state index contributed by atoms with van der Waals surface area (Å²) in [4.78, 5) is 17.5. The fourth-order valence-corrected chi connectivity index (χ4v) is 3.84. The molecule has 156 valence electrons. The average Bonchev–Trinajstić information content (AvgIpc) is 3.02. The molecule has 1 aliphatic rings. The third-order valence-electron chi connectivity index (χ3n) is 5.57. The Morgan fingerprint density at radius 3 is 2.30 bits per heavy atom. The summed E-state index contributed by atoms with van der Waals surface area (Å²) in [6.07, 6.45) is 0. The van der Waals surface area contributed by atoms with Crippen LogP contribution in [0.3, 0.4) is 0 Å². The van der Waals surface area contributed by atoms with Crippen molar-refractivity contribution in [1.29, 1.82) is 0 Å². The van der Waals surface area contributed by atoms with Gasteiger partial charge in [0.25, 0.3) is 5.91 Å². The highest BCUT2D eigenvalue weighted by Crippen LogP contribution is 2.27. The van der Waals surface area contributed by atoms with Crippen molar-refractivity contribution in [2.75, 3.05) is 43.4 Å². The zero-order chi connectivity index (χ0) is 21.3. The smallest absolute Gasteiger partial charge is 0.255 e. The lowest BCUT2D eigenvalue weighted by Gasteiger charge is -2.35. The Morgan fingerprint density at radius 2 is 1.67 bits per heavy atom. The number of likely N-dealkylation sites (N-methyl/N-ethyl adjacent to an activating group) is 1. The molecule has 0 aliphatic carbocycles. The molecule has 0 bridgehead atoms. The zero-order valence-electron chi connectivity index (χ0n) is 17.5. The highest BCUT2D eigenvalue weighted by molar-refractivity contribution is 6.31. The molecule has 1 saturated heterocycles. The summed E-state index contributed by atoms with van der Waals surface area (Å²) in [5.74, 6) is -0.130. The van der Waals surface area contributed by atoms with Crippen LogP contribution in [-0.2, 0) is 0 Å². The second kappa shape index (κ2) is 8.50. The third-order valence-corrected chi connectivity index (χ3v) is 6.12. The Morgan fingerprint density at radius 1 is 1.00 bits per heavy atom. The Balaban J connectivity index is 1.51. The fourth-order valence-electron chi connectivity index (χ4n) is 3.73. The molecule has 0 atom stereocenters. The normalized spacial score (nSPS) is 14.7. The number of carbonyl (C=O) groups is 1. The molecule has 1 fully saturated rings. The van der Waals surface area contributed by atoms with E-state index >= 15 is 0 Å². The van der Waals surface area contributed by atoms with Crippen LogP contribution in [0.5, 0.6) is 0 Å². The number of aromatic nitrogens is 2. The first-order chi connectivity index (χ1) is 14.4. The van der Waals surface area contributed by atoms with Crippen LogP contribution in [0.2, 0.25) is 5.02 Å². The lowest BCUT2D eigenvalue weighted by atomic mass is 10.1. The van der Waals surface area contributed by atoms with E-state index in [1.165, 1.54) is 0 Å². The van der Waals surface area contributed by atoms with Gasteiger partial charge in [-0.3, -0.25) is 4.79 Å². The minimum absolute atomic E-state index is 0.130. The van der Waals surface area contributed by atoms with Gasteiger partial charge in [0.2, 0.25) is 0 Å². The van der Waals surface area contributed by atoms with Gasteiger partial charge in [0.15, 0.2) is 0 Å². The van der Waals surface area contributed by atoms with Crippen molar-refractivity contribution in [3.8, 4) is 5.69 Å². The summed E-state index contributed by atoms with van der Waals surface area (Å²) in [5.41, 5.74) is 5.04. The Kier molecular flexibility index (Phi) is 5.79. The summed E-state index contributed by atoms with van der Waals surface area (Å²) < 4.78 is 1.79. The quantitative estimate of drug-likeness (QED) is 0.685. The summed E-state index contributed by atoms with van der Waals surface area (Å²) in [5, 5.41) is 8.21. The average molecular weight is 424 g/mol. The number of hydrogen-bond donors (Lipinski definition) is 1.